The fourth-order valence-corrected chi connectivity index (χ4v) is 2.32. The SMILES string of the molecule is COc1ccc(NC(=O)c2csc(C(C)N)n2)cc1O. The van der Waals surface area contributed by atoms with Crippen LogP contribution in [0.3, 0.4) is 0 Å². The Labute approximate surface area is 120 Å². The molecule has 0 aliphatic rings. The van der Waals surface area contributed by atoms with Crippen molar-refractivity contribution in [2.45, 2.75) is 13.0 Å². The van der Waals surface area contributed by atoms with Crippen LogP contribution in [0.5, 0.6) is 11.5 Å². The molecule has 106 valence electrons. The van der Waals surface area contributed by atoms with E-state index in [0.29, 0.717) is 22.1 Å². The number of phenols is 1. The number of amides is 1. The van der Waals surface area contributed by atoms with E-state index in [1.54, 1.807) is 17.5 Å². The minimum Gasteiger partial charge on any atom is -0.504 e. The van der Waals surface area contributed by atoms with E-state index in [0.717, 1.165) is 0 Å². The molecule has 0 saturated heterocycles. The van der Waals surface area contributed by atoms with Gasteiger partial charge in [0.1, 0.15) is 10.7 Å². The van der Waals surface area contributed by atoms with Crippen LogP contribution in [0, 0.1) is 0 Å². The Morgan fingerprint density at radius 2 is 2.30 bits per heavy atom. The Balaban J connectivity index is 2.12. The molecule has 0 spiro atoms. The van der Waals surface area contributed by atoms with E-state index in [-0.39, 0.29) is 17.7 Å². The number of rotatable bonds is 4. The molecule has 7 heteroatoms. The summed E-state index contributed by atoms with van der Waals surface area (Å²) in [6.07, 6.45) is 0. The Kier molecular flexibility index (Phi) is 4.21. The lowest BCUT2D eigenvalue weighted by molar-refractivity contribution is 0.102. The van der Waals surface area contributed by atoms with Gasteiger partial charge in [-0.2, -0.15) is 0 Å². The number of phenolic OH excluding ortho intramolecular Hbond substituents is 1. The smallest absolute Gasteiger partial charge is 0.275 e. The van der Waals surface area contributed by atoms with E-state index in [4.69, 9.17) is 10.5 Å². The molecule has 0 fully saturated rings. The second-order valence-electron chi connectivity index (χ2n) is 4.20. The summed E-state index contributed by atoms with van der Waals surface area (Å²) in [6.45, 7) is 1.81. The van der Waals surface area contributed by atoms with E-state index in [1.165, 1.54) is 24.5 Å². The summed E-state index contributed by atoms with van der Waals surface area (Å²) < 4.78 is 4.93. The van der Waals surface area contributed by atoms with Crippen LogP contribution in [0.1, 0.15) is 28.5 Å². The number of aromatic nitrogens is 1. The van der Waals surface area contributed by atoms with Crippen LogP contribution in [-0.2, 0) is 0 Å². The van der Waals surface area contributed by atoms with Gasteiger partial charge in [-0.3, -0.25) is 4.79 Å². The molecule has 20 heavy (non-hydrogen) atoms. The van der Waals surface area contributed by atoms with Gasteiger partial charge in [-0.25, -0.2) is 4.98 Å². The Morgan fingerprint density at radius 3 is 2.85 bits per heavy atom. The van der Waals surface area contributed by atoms with Gasteiger partial charge in [0, 0.05) is 17.1 Å². The first-order valence-electron chi connectivity index (χ1n) is 5.90. The number of anilines is 1. The van der Waals surface area contributed by atoms with Gasteiger partial charge in [-0.1, -0.05) is 0 Å². The highest BCUT2D eigenvalue weighted by Crippen LogP contribution is 2.28. The molecule has 0 aliphatic carbocycles. The highest BCUT2D eigenvalue weighted by atomic mass is 32.1. The third kappa shape index (κ3) is 3.06. The van der Waals surface area contributed by atoms with Crippen molar-refractivity contribution in [3.8, 4) is 11.5 Å². The number of carbonyl (C=O) groups excluding carboxylic acids is 1. The van der Waals surface area contributed by atoms with Gasteiger partial charge in [0.15, 0.2) is 11.5 Å². The summed E-state index contributed by atoms with van der Waals surface area (Å²) in [5.41, 5.74) is 6.47. The molecule has 0 bridgehead atoms. The van der Waals surface area contributed by atoms with Gasteiger partial charge < -0.3 is 20.9 Å². The first-order chi connectivity index (χ1) is 9.51. The average Bonchev–Trinajstić information content (AvgIpc) is 2.88. The van der Waals surface area contributed by atoms with Crippen molar-refractivity contribution in [1.29, 1.82) is 0 Å². The van der Waals surface area contributed by atoms with Gasteiger partial charge in [-0.05, 0) is 19.1 Å². The maximum absolute atomic E-state index is 12.0. The van der Waals surface area contributed by atoms with Gasteiger partial charge in [0.05, 0.1) is 13.2 Å². The second-order valence-corrected chi connectivity index (χ2v) is 5.09. The zero-order valence-corrected chi connectivity index (χ0v) is 11.9. The molecule has 1 unspecified atom stereocenters. The van der Waals surface area contributed by atoms with E-state index in [2.05, 4.69) is 10.3 Å². The van der Waals surface area contributed by atoms with Crippen molar-refractivity contribution < 1.29 is 14.6 Å². The van der Waals surface area contributed by atoms with Crippen LogP contribution >= 0.6 is 11.3 Å². The van der Waals surface area contributed by atoms with Gasteiger partial charge in [-0.15, -0.1) is 11.3 Å². The number of aromatic hydroxyl groups is 1. The van der Waals surface area contributed by atoms with Crippen LogP contribution < -0.4 is 15.8 Å². The molecule has 0 saturated carbocycles. The lowest BCUT2D eigenvalue weighted by Crippen LogP contribution is -2.13. The molecule has 6 nitrogen and oxygen atoms in total. The highest BCUT2D eigenvalue weighted by molar-refractivity contribution is 7.09. The van der Waals surface area contributed by atoms with Crippen molar-refractivity contribution in [3.63, 3.8) is 0 Å². The standard InChI is InChI=1S/C13H15N3O3S/c1-7(14)13-16-9(6-20-13)12(18)15-8-3-4-11(19-2)10(17)5-8/h3-7,17H,14H2,1-2H3,(H,15,18). The largest absolute Gasteiger partial charge is 0.504 e. The molecule has 4 N–H and O–H groups in total. The molecule has 2 aromatic rings. The molecular formula is C13H15N3O3S. The molecule has 0 radical (unpaired) electrons. The summed E-state index contributed by atoms with van der Waals surface area (Å²) in [5.74, 6) is -0.0477. The Bertz CT molecular complexity index is 625. The molecule has 0 aliphatic heterocycles. The average molecular weight is 293 g/mol. The summed E-state index contributed by atoms with van der Waals surface area (Å²) in [5, 5.41) is 14.6. The Hall–Kier alpha value is -2.12. The van der Waals surface area contributed by atoms with Crippen molar-refractivity contribution >= 4 is 22.9 Å². The van der Waals surface area contributed by atoms with Gasteiger partial charge in [0.2, 0.25) is 0 Å². The van der Waals surface area contributed by atoms with Gasteiger partial charge in [0.25, 0.3) is 5.91 Å². The predicted octanol–water partition coefficient (Wildman–Crippen LogP) is 2.13. The number of nitrogens with one attached hydrogen (secondary N) is 1. The van der Waals surface area contributed by atoms with E-state index < -0.39 is 0 Å². The van der Waals surface area contributed by atoms with Crippen molar-refractivity contribution in [1.82, 2.24) is 4.98 Å². The number of ether oxygens (including phenoxy) is 1. The van der Waals surface area contributed by atoms with Crippen molar-refractivity contribution in [2.75, 3.05) is 12.4 Å². The summed E-state index contributed by atoms with van der Waals surface area (Å²) in [4.78, 5) is 16.2. The first kappa shape index (κ1) is 14.3. The van der Waals surface area contributed by atoms with Crippen molar-refractivity contribution in [3.05, 3.63) is 34.3 Å². The lowest BCUT2D eigenvalue weighted by atomic mass is 10.2. The number of hydrogen-bond donors (Lipinski definition) is 3. The fourth-order valence-electron chi connectivity index (χ4n) is 1.56. The molecule has 1 aromatic carbocycles. The molecule has 1 atom stereocenters. The van der Waals surface area contributed by atoms with Gasteiger partial charge >= 0.3 is 0 Å². The number of methoxy groups -OCH3 is 1. The van der Waals surface area contributed by atoms with Crippen LogP contribution in [-0.4, -0.2) is 23.1 Å². The van der Waals surface area contributed by atoms with Crippen LogP contribution in [0.25, 0.3) is 0 Å². The zero-order chi connectivity index (χ0) is 14.7. The molecular weight excluding hydrogens is 278 g/mol. The zero-order valence-electron chi connectivity index (χ0n) is 11.1. The Morgan fingerprint density at radius 1 is 1.55 bits per heavy atom. The van der Waals surface area contributed by atoms with Crippen LogP contribution in [0.4, 0.5) is 5.69 Å². The predicted molar refractivity (Wildman–Crippen MR) is 77.3 cm³/mol. The molecule has 1 aromatic heterocycles. The third-order valence-electron chi connectivity index (χ3n) is 2.58. The summed E-state index contributed by atoms with van der Waals surface area (Å²) in [6, 6.07) is 4.41. The topological polar surface area (TPSA) is 97.5 Å². The quantitative estimate of drug-likeness (QED) is 0.802. The number of thiazole rings is 1. The van der Waals surface area contributed by atoms with E-state index in [9.17, 15) is 9.90 Å². The third-order valence-corrected chi connectivity index (χ3v) is 3.63. The molecule has 1 heterocycles. The molecule has 1 amide bonds. The first-order valence-corrected chi connectivity index (χ1v) is 6.78. The maximum Gasteiger partial charge on any atom is 0.275 e. The second kappa shape index (κ2) is 5.89. The van der Waals surface area contributed by atoms with E-state index in [1.807, 2.05) is 6.92 Å². The summed E-state index contributed by atoms with van der Waals surface area (Å²) in [7, 11) is 1.46. The minimum atomic E-state index is -0.349. The fraction of sp³-hybridized carbons (Fsp3) is 0.231. The number of hydrogen-bond acceptors (Lipinski definition) is 6. The number of carbonyl (C=O) groups is 1. The number of benzene rings is 1. The minimum absolute atomic E-state index is 0.0418. The number of nitrogens with two attached hydrogens (primary N) is 1. The van der Waals surface area contributed by atoms with Crippen LogP contribution in [0.2, 0.25) is 0 Å². The monoisotopic (exact) mass is 293 g/mol. The normalized spacial score (nSPS) is 11.9. The van der Waals surface area contributed by atoms with Crippen LogP contribution in [0.15, 0.2) is 23.6 Å². The molecule has 2 rings (SSSR count). The van der Waals surface area contributed by atoms with E-state index >= 15 is 0 Å². The van der Waals surface area contributed by atoms with Crippen molar-refractivity contribution in [2.24, 2.45) is 5.73 Å². The maximum atomic E-state index is 12.0. The highest BCUT2D eigenvalue weighted by Gasteiger charge is 2.13. The number of nitrogens with zero attached hydrogens (tertiary/aromatic N) is 1. The lowest BCUT2D eigenvalue weighted by Gasteiger charge is -2.07. The summed E-state index contributed by atoms with van der Waals surface area (Å²) >= 11 is 1.34.